The van der Waals surface area contributed by atoms with Crippen molar-refractivity contribution < 1.29 is 8.42 Å². The molecular weight excluding hydrogens is 290 g/mol. The summed E-state index contributed by atoms with van der Waals surface area (Å²) >= 11 is 0. The van der Waals surface area contributed by atoms with Gasteiger partial charge >= 0.3 is 0 Å². The number of nitrogens with one attached hydrogen (secondary N) is 2. The van der Waals surface area contributed by atoms with E-state index in [1.54, 1.807) is 10.9 Å². The van der Waals surface area contributed by atoms with Crippen molar-refractivity contribution in [1.82, 2.24) is 24.7 Å². The first-order valence-corrected chi connectivity index (χ1v) is 8.78. The Morgan fingerprint density at radius 1 is 1.48 bits per heavy atom. The van der Waals surface area contributed by atoms with Crippen LogP contribution in [0.15, 0.2) is 17.3 Å². The maximum Gasteiger partial charge on any atom is 0.243 e. The van der Waals surface area contributed by atoms with E-state index in [1.807, 2.05) is 7.05 Å². The second-order valence-electron chi connectivity index (χ2n) is 5.80. The van der Waals surface area contributed by atoms with Gasteiger partial charge in [-0.25, -0.2) is 13.1 Å². The lowest BCUT2D eigenvalue weighted by Crippen LogP contribution is -2.48. The third kappa shape index (κ3) is 4.26. The summed E-state index contributed by atoms with van der Waals surface area (Å²) in [4.78, 5) is 2.47. The molecule has 2 atom stereocenters. The number of rotatable bonds is 6. The molecule has 0 spiro atoms. The van der Waals surface area contributed by atoms with Crippen LogP contribution in [0.5, 0.6) is 0 Å². The molecule has 0 aliphatic carbocycles. The molecular formula is C13H25N5O2S. The van der Waals surface area contributed by atoms with Crippen molar-refractivity contribution in [1.29, 1.82) is 0 Å². The Morgan fingerprint density at radius 2 is 2.24 bits per heavy atom. The van der Waals surface area contributed by atoms with Gasteiger partial charge in [-0.1, -0.05) is 6.92 Å². The number of piperidine rings is 1. The van der Waals surface area contributed by atoms with E-state index in [9.17, 15) is 8.42 Å². The highest BCUT2D eigenvalue weighted by Gasteiger charge is 2.29. The number of likely N-dealkylation sites (tertiary alicyclic amines) is 1. The third-order valence-electron chi connectivity index (χ3n) is 3.93. The van der Waals surface area contributed by atoms with E-state index in [0.717, 1.165) is 26.1 Å². The average Bonchev–Trinajstić information content (AvgIpc) is 2.89. The highest BCUT2D eigenvalue weighted by Crippen LogP contribution is 2.18. The first-order valence-electron chi connectivity index (χ1n) is 7.30. The molecule has 1 aliphatic heterocycles. The van der Waals surface area contributed by atoms with E-state index in [4.69, 9.17) is 0 Å². The SMILES string of the molecule is CNCCn1cc(S(=O)(=O)NC2CCN(C)CC2C)cn1. The van der Waals surface area contributed by atoms with Crippen molar-refractivity contribution in [3.8, 4) is 0 Å². The quantitative estimate of drug-likeness (QED) is 0.755. The molecule has 1 aromatic heterocycles. The van der Waals surface area contributed by atoms with Gasteiger partial charge in [-0.15, -0.1) is 0 Å². The molecule has 0 bridgehead atoms. The molecule has 7 nitrogen and oxygen atoms in total. The summed E-state index contributed by atoms with van der Waals surface area (Å²) in [6.07, 6.45) is 3.84. The fourth-order valence-electron chi connectivity index (χ4n) is 2.63. The highest BCUT2D eigenvalue weighted by molar-refractivity contribution is 7.89. The summed E-state index contributed by atoms with van der Waals surface area (Å²) in [5.74, 6) is 0.304. The molecule has 2 unspecified atom stereocenters. The van der Waals surface area contributed by atoms with Crippen LogP contribution in [0.4, 0.5) is 0 Å². The van der Waals surface area contributed by atoms with Gasteiger partial charge in [0.1, 0.15) is 4.90 Å². The Bertz CT molecular complexity index is 557. The normalized spacial score (nSPS) is 24.3. The fourth-order valence-corrected chi connectivity index (χ4v) is 3.96. The molecule has 2 N–H and O–H groups in total. The minimum atomic E-state index is -3.49. The summed E-state index contributed by atoms with van der Waals surface area (Å²) in [6.45, 7) is 5.31. The Morgan fingerprint density at radius 3 is 2.90 bits per heavy atom. The van der Waals surface area contributed by atoms with Gasteiger partial charge in [-0.3, -0.25) is 4.68 Å². The lowest BCUT2D eigenvalue weighted by Gasteiger charge is -2.34. The topological polar surface area (TPSA) is 79.3 Å². The van der Waals surface area contributed by atoms with Crippen LogP contribution in [-0.2, 0) is 16.6 Å². The number of aromatic nitrogens is 2. The molecule has 2 heterocycles. The molecule has 21 heavy (non-hydrogen) atoms. The van der Waals surface area contributed by atoms with Crippen molar-refractivity contribution in [3.05, 3.63) is 12.4 Å². The van der Waals surface area contributed by atoms with Gasteiger partial charge in [-0.05, 0) is 33.0 Å². The zero-order valence-corrected chi connectivity index (χ0v) is 13.7. The van der Waals surface area contributed by atoms with Crippen LogP contribution >= 0.6 is 0 Å². The van der Waals surface area contributed by atoms with E-state index in [1.165, 1.54) is 6.20 Å². The molecule has 8 heteroatoms. The monoisotopic (exact) mass is 315 g/mol. The number of sulfonamides is 1. The minimum absolute atomic E-state index is 0.00754. The van der Waals surface area contributed by atoms with Crippen molar-refractivity contribution in [2.45, 2.75) is 30.8 Å². The zero-order chi connectivity index (χ0) is 15.5. The predicted octanol–water partition coefficient (Wildman–Crippen LogP) is -0.279. The summed E-state index contributed by atoms with van der Waals surface area (Å²) in [5.41, 5.74) is 0. The smallest absolute Gasteiger partial charge is 0.243 e. The largest absolute Gasteiger partial charge is 0.318 e. The van der Waals surface area contributed by atoms with Gasteiger partial charge < -0.3 is 10.2 Å². The lowest BCUT2D eigenvalue weighted by molar-refractivity contribution is 0.188. The minimum Gasteiger partial charge on any atom is -0.318 e. The van der Waals surface area contributed by atoms with Gasteiger partial charge in [-0.2, -0.15) is 5.10 Å². The summed E-state index contributed by atoms with van der Waals surface area (Å²) in [5, 5.41) is 7.10. The maximum atomic E-state index is 12.4. The molecule has 1 aromatic rings. The lowest BCUT2D eigenvalue weighted by atomic mass is 9.95. The second kappa shape index (κ2) is 6.87. The van der Waals surface area contributed by atoms with Gasteiger partial charge in [0.2, 0.25) is 10.0 Å². The van der Waals surface area contributed by atoms with Crippen molar-refractivity contribution in [2.75, 3.05) is 33.7 Å². The van der Waals surface area contributed by atoms with Gasteiger partial charge in [0.05, 0.1) is 12.7 Å². The second-order valence-corrected chi connectivity index (χ2v) is 7.51. The van der Waals surface area contributed by atoms with Gasteiger partial charge in [0.15, 0.2) is 0 Å². The summed E-state index contributed by atoms with van der Waals surface area (Å²) in [6, 6.07) is -0.00754. The molecule has 1 aliphatic rings. The van der Waals surface area contributed by atoms with Gasteiger partial charge in [0, 0.05) is 25.3 Å². The van der Waals surface area contributed by atoms with Crippen LogP contribution in [0.3, 0.4) is 0 Å². The van der Waals surface area contributed by atoms with Crippen LogP contribution in [0.2, 0.25) is 0 Å². The summed E-state index contributed by atoms with van der Waals surface area (Å²) in [7, 11) is 0.427. The Hall–Kier alpha value is -0.960. The summed E-state index contributed by atoms with van der Waals surface area (Å²) < 4.78 is 29.3. The molecule has 0 radical (unpaired) electrons. The number of likely N-dealkylation sites (N-methyl/N-ethyl adjacent to an activating group) is 1. The Labute approximate surface area is 126 Å². The van der Waals surface area contributed by atoms with E-state index >= 15 is 0 Å². The van der Waals surface area contributed by atoms with Crippen LogP contribution in [0, 0.1) is 5.92 Å². The number of hydrogen-bond acceptors (Lipinski definition) is 5. The third-order valence-corrected chi connectivity index (χ3v) is 5.37. The van der Waals surface area contributed by atoms with Crippen molar-refractivity contribution >= 4 is 10.0 Å². The average molecular weight is 315 g/mol. The van der Waals surface area contributed by atoms with Crippen LogP contribution in [0.25, 0.3) is 0 Å². The fraction of sp³-hybridized carbons (Fsp3) is 0.769. The van der Waals surface area contributed by atoms with Crippen LogP contribution in [-0.4, -0.2) is 62.9 Å². The number of nitrogens with zero attached hydrogens (tertiary/aromatic N) is 3. The Kier molecular flexibility index (Phi) is 5.37. The predicted molar refractivity (Wildman–Crippen MR) is 81.5 cm³/mol. The maximum absolute atomic E-state index is 12.4. The van der Waals surface area contributed by atoms with Crippen LogP contribution < -0.4 is 10.0 Å². The zero-order valence-electron chi connectivity index (χ0n) is 12.9. The van der Waals surface area contributed by atoms with Crippen molar-refractivity contribution in [2.24, 2.45) is 5.92 Å². The van der Waals surface area contributed by atoms with E-state index in [-0.39, 0.29) is 10.9 Å². The van der Waals surface area contributed by atoms with Gasteiger partial charge in [0.25, 0.3) is 0 Å². The van der Waals surface area contributed by atoms with E-state index < -0.39 is 10.0 Å². The van der Waals surface area contributed by atoms with E-state index in [0.29, 0.717) is 12.5 Å². The first kappa shape index (κ1) is 16.4. The molecule has 1 fully saturated rings. The Balaban J connectivity index is 2.02. The van der Waals surface area contributed by atoms with Crippen molar-refractivity contribution in [3.63, 3.8) is 0 Å². The first-order chi connectivity index (χ1) is 9.92. The highest BCUT2D eigenvalue weighted by atomic mass is 32.2. The molecule has 0 saturated carbocycles. The van der Waals surface area contributed by atoms with Crippen LogP contribution in [0.1, 0.15) is 13.3 Å². The number of hydrogen-bond donors (Lipinski definition) is 2. The molecule has 2 rings (SSSR count). The standard InChI is InChI=1S/C13H25N5O2S/c1-11-9-17(3)6-4-13(11)16-21(19,20)12-8-15-18(10-12)7-5-14-2/h8,10-11,13-14,16H,4-7,9H2,1-3H3. The van der Waals surface area contributed by atoms with E-state index in [2.05, 4.69) is 34.0 Å². The molecule has 120 valence electrons. The molecule has 0 amide bonds. The molecule has 0 aromatic carbocycles. The molecule has 1 saturated heterocycles.